The molecule has 0 atom stereocenters. The van der Waals surface area contributed by atoms with Gasteiger partial charge in [0.25, 0.3) is 15.9 Å². The number of aromatic nitrogens is 2. The van der Waals surface area contributed by atoms with Crippen molar-refractivity contribution in [3.8, 4) is 0 Å². The van der Waals surface area contributed by atoms with E-state index < -0.39 is 15.9 Å². The molecular formula is C22H25ClN4O4S. The second-order valence-corrected chi connectivity index (χ2v) is 9.77. The summed E-state index contributed by atoms with van der Waals surface area (Å²) in [5.41, 5.74) is 1.44. The number of nitrogens with zero attached hydrogens (tertiary/aromatic N) is 2. The molecule has 0 saturated heterocycles. The van der Waals surface area contributed by atoms with Gasteiger partial charge in [0.05, 0.1) is 15.5 Å². The van der Waals surface area contributed by atoms with Crippen LogP contribution in [0.25, 0.3) is 0 Å². The highest BCUT2D eigenvalue weighted by Gasteiger charge is 2.19. The molecule has 1 heterocycles. The van der Waals surface area contributed by atoms with Crippen LogP contribution in [0.2, 0.25) is 5.02 Å². The van der Waals surface area contributed by atoms with Crippen LogP contribution >= 0.6 is 11.6 Å². The zero-order chi connectivity index (χ0) is 23.3. The minimum absolute atomic E-state index is 0.0550. The van der Waals surface area contributed by atoms with Crippen molar-refractivity contribution in [2.45, 2.75) is 44.4 Å². The fourth-order valence-corrected chi connectivity index (χ4v) is 4.19. The van der Waals surface area contributed by atoms with Gasteiger partial charge in [-0.3, -0.25) is 9.52 Å². The molecule has 3 rings (SSSR count). The highest BCUT2D eigenvalue weighted by atomic mass is 35.5. The van der Waals surface area contributed by atoms with Crippen LogP contribution in [0.1, 0.15) is 53.8 Å². The fraction of sp³-hybridized carbons (Fsp3) is 0.318. The van der Waals surface area contributed by atoms with Gasteiger partial charge in [0.15, 0.2) is 5.82 Å². The van der Waals surface area contributed by atoms with E-state index in [1.54, 1.807) is 18.2 Å². The fourth-order valence-electron chi connectivity index (χ4n) is 2.91. The number of halogens is 1. The van der Waals surface area contributed by atoms with Crippen LogP contribution in [0.5, 0.6) is 0 Å². The number of rotatable bonds is 9. The van der Waals surface area contributed by atoms with E-state index in [4.69, 9.17) is 16.1 Å². The molecule has 8 nitrogen and oxygen atoms in total. The second kappa shape index (κ2) is 10.1. The monoisotopic (exact) mass is 476 g/mol. The first kappa shape index (κ1) is 23.7. The Morgan fingerprint density at radius 3 is 2.66 bits per heavy atom. The molecule has 10 heteroatoms. The maximum Gasteiger partial charge on any atom is 0.261 e. The summed E-state index contributed by atoms with van der Waals surface area (Å²) in [4.78, 5) is 16.8. The van der Waals surface area contributed by atoms with Gasteiger partial charge < -0.3 is 9.84 Å². The first-order valence-corrected chi connectivity index (χ1v) is 12.0. The molecule has 0 aliphatic carbocycles. The molecule has 0 radical (unpaired) electrons. The van der Waals surface area contributed by atoms with Crippen LogP contribution in [0.4, 0.5) is 5.69 Å². The van der Waals surface area contributed by atoms with E-state index in [9.17, 15) is 13.2 Å². The average molecular weight is 477 g/mol. The van der Waals surface area contributed by atoms with Gasteiger partial charge in [-0.15, -0.1) is 0 Å². The SMILES string of the molecule is Cc1cccc(NS(=O)(=O)c2ccc(Cl)c(C(=O)NCCCc3nc(C(C)C)no3)c2)c1. The van der Waals surface area contributed by atoms with E-state index in [2.05, 4.69) is 20.2 Å². The summed E-state index contributed by atoms with van der Waals surface area (Å²) in [6, 6.07) is 11.0. The molecule has 0 spiro atoms. The summed E-state index contributed by atoms with van der Waals surface area (Å²) in [6.07, 6.45) is 1.10. The summed E-state index contributed by atoms with van der Waals surface area (Å²) in [7, 11) is -3.89. The summed E-state index contributed by atoms with van der Waals surface area (Å²) >= 11 is 6.15. The predicted octanol–water partition coefficient (Wildman–Crippen LogP) is 4.32. The lowest BCUT2D eigenvalue weighted by molar-refractivity contribution is 0.0953. The number of amides is 1. The lowest BCUT2D eigenvalue weighted by Crippen LogP contribution is -2.25. The molecule has 1 aromatic heterocycles. The number of hydrogen-bond acceptors (Lipinski definition) is 6. The van der Waals surface area contributed by atoms with Gasteiger partial charge in [0, 0.05) is 24.6 Å². The van der Waals surface area contributed by atoms with Crippen molar-refractivity contribution in [3.05, 3.63) is 70.3 Å². The minimum atomic E-state index is -3.89. The topological polar surface area (TPSA) is 114 Å². The minimum Gasteiger partial charge on any atom is -0.352 e. The van der Waals surface area contributed by atoms with Crippen molar-refractivity contribution in [1.29, 1.82) is 0 Å². The van der Waals surface area contributed by atoms with Gasteiger partial charge in [-0.25, -0.2) is 8.42 Å². The average Bonchev–Trinajstić information content (AvgIpc) is 3.20. The van der Waals surface area contributed by atoms with Crippen molar-refractivity contribution >= 4 is 33.2 Å². The lowest BCUT2D eigenvalue weighted by atomic mass is 10.2. The molecule has 3 aromatic rings. The van der Waals surface area contributed by atoms with Gasteiger partial charge in [-0.2, -0.15) is 4.98 Å². The molecule has 1 amide bonds. The Balaban J connectivity index is 1.63. The highest BCUT2D eigenvalue weighted by Crippen LogP contribution is 2.23. The maximum atomic E-state index is 12.8. The summed E-state index contributed by atoms with van der Waals surface area (Å²) in [5, 5.41) is 6.81. The first-order valence-electron chi connectivity index (χ1n) is 10.2. The quantitative estimate of drug-likeness (QED) is 0.444. The van der Waals surface area contributed by atoms with E-state index in [1.165, 1.54) is 18.2 Å². The standard InChI is InChI=1S/C22H25ClN4O4S/c1-14(2)21-25-20(31-26-21)8-5-11-24-22(28)18-13-17(9-10-19(18)23)32(29,30)27-16-7-4-6-15(3)12-16/h4,6-7,9-10,12-14,27H,5,8,11H2,1-3H3,(H,24,28). The Labute approximate surface area is 192 Å². The second-order valence-electron chi connectivity index (χ2n) is 7.68. The molecule has 0 saturated carbocycles. The number of benzene rings is 2. The van der Waals surface area contributed by atoms with Crippen molar-refractivity contribution in [2.24, 2.45) is 0 Å². The van der Waals surface area contributed by atoms with Crippen molar-refractivity contribution in [3.63, 3.8) is 0 Å². The molecule has 2 aromatic carbocycles. The number of sulfonamides is 1. The molecule has 2 N–H and O–H groups in total. The van der Waals surface area contributed by atoms with Gasteiger partial charge in [0.1, 0.15) is 0 Å². The molecule has 0 aliphatic heterocycles. The van der Waals surface area contributed by atoms with Gasteiger partial charge in [0.2, 0.25) is 5.89 Å². The smallest absolute Gasteiger partial charge is 0.261 e. The highest BCUT2D eigenvalue weighted by molar-refractivity contribution is 7.92. The van der Waals surface area contributed by atoms with Crippen LogP contribution in [-0.4, -0.2) is 31.0 Å². The van der Waals surface area contributed by atoms with Crippen molar-refractivity contribution in [1.82, 2.24) is 15.5 Å². The van der Waals surface area contributed by atoms with E-state index in [-0.39, 0.29) is 21.4 Å². The largest absolute Gasteiger partial charge is 0.352 e. The lowest BCUT2D eigenvalue weighted by Gasteiger charge is -2.11. The van der Waals surface area contributed by atoms with E-state index in [0.717, 1.165) is 5.56 Å². The molecular weight excluding hydrogens is 452 g/mol. The van der Waals surface area contributed by atoms with Crippen molar-refractivity contribution < 1.29 is 17.7 Å². The number of hydrogen-bond donors (Lipinski definition) is 2. The zero-order valence-corrected chi connectivity index (χ0v) is 19.6. The summed E-state index contributed by atoms with van der Waals surface area (Å²) < 4.78 is 33.2. The van der Waals surface area contributed by atoms with Crippen LogP contribution < -0.4 is 10.0 Å². The Morgan fingerprint density at radius 1 is 1.19 bits per heavy atom. The van der Waals surface area contributed by atoms with Gasteiger partial charge in [-0.05, 0) is 49.2 Å². The van der Waals surface area contributed by atoms with Crippen LogP contribution in [0, 0.1) is 6.92 Å². The molecule has 170 valence electrons. The zero-order valence-electron chi connectivity index (χ0n) is 18.1. The number of nitrogens with one attached hydrogen (secondary N) is 2. The molecule has 0 unspecified atom stereocenters. The molecule has 0 bridgehead atoms. The van der Waals surface area contributed by atoms with Crippen LogP contribution in [-0.2, 0) is 16.4 Å². The number of carbonyl (C=O) groups is 1. The Kier molecular flexibility index (Phi) is 7.52. The van der Waals surface area contributed by atoms with Gasteiger partial charge >= 0.3 is 0 Å². The van der Waals surface area contributed by atoms with E-state index in [1.807, 2.05) is 26.8 Å². The number of carbonyl (C=O) groups excluding carboxylic acids is 1. The van der Waals surface area contributed by atoms with Gasteiger partial charge in [-0.1, -0.05) is 42.7 Å². The summed E-state index contributed by atoms with van der Waals surface area (Å²) in [6.45, 7) is 6.16. The maximum absolute atomic E-state index is 12.8. The van der Waals surface area contributed by atoms with Crippen LogP contribution in [0.3, 0.4) is 0 Å². The molecule has 0 fully saturated rings. The van der Waals surface area contributed by atoms with Crippen LogP contribution in [0.15, 0.2) is 51.9 Å². The Morgan fingerprint density at radius 2 is 1.97 bits per heavy atom. The normalized spacial score (nSPS) is 11.5. The Hall–Kier alpha value is -2.91. The third kappa shape index (κ3) is 6.08. The molecule has 0 aliphatic rings. The third-order valence-electron chi connectivity index (χ3n) is 4.62. The first-order chi connectivity index (χ1) is 15.2. The summed E-state index contributed by atoms with van der Waals surface area (Å²) in [5.74, 6) is 0.874. The molecule has 32 heavy (non-hydrogen) atoms. The predicted molar refractivity (Wildman–Crippen MR) is 122 cm³/mol. The number of anilines is 1. The number of aryl methyl sites for hydroxylation is 2. The van der Waals surface area contributed by atoms with Crippen molar-refractivity contribution in [2.75, 3.05) is 11.3 Å². The third-order valence-corrected chi connectivity index (χ3v) is 6.32. The van der Waals surface area contributed by atoms with E-state index in [0.29, 0.717) is 36.8 Å². The van der Waals surface area contributed by atoms with E-state index >= 15 is 0 Å². The Bertz CT molecular complexity index is 1210.